The van der Waals surface area contributed by atoms with E-state index in [1.54, 1.807) is 0 Å². The van der Waals surface area contributed by atoms with Crippen molar-refractivity contribution in [2.45, 2.75) is 70.9 Å². The molecule has 2 nitrogen and oxygen atoms in total. The normalized spacial score (nSPS) is 19.7. The van der Waals surface area contributed by atoms with E-state index in [4.69, 9.17) is 0 Å². The van der Waals surface area contributed by atoms with E-state index in [-0.39, 0.29) is 6.04 Å². The molecule has 2 heteroatoms. The van der Waals surface area contributed by atoms with E-state index in [9.17, 15) is 5.11 Å². The van der Waals surface area contributed by atoms with Crippen molar-refractivity contribution in [3.8, 4) is 0 Å². The molecule has 1 aliphatic carbocycles. The Hall–Kier alpha value is -0.860. The van der Waals surface area contributed by atoms with Gasteiger partial charge in [0, 0.05) is 6.04 Å². The zero-order valence-corrected chi connectivity index (χ0v) is 13.8. The van der Waals surface area contributed by atoms with Crippen LogP contribution < -0.4 is 5.32 Å². The van der Waals surface area contributed by atoms with E-state index in [0.29, 0.717) is 5.92 Å². The number of aliphatic hydroxyl groups is 1. The summed E-state index contributed by atoms with van der Waals surface area (Å²) in [5.74, 6) is 1.34. The predicted octanol–water partition coefficient (Wildman–Crippen LogP) is 4.40. The fourth-order valence-electron chi connectivity index (χ4n) is 3.22. The van der Waals surface area contributed by atoms with Crippen LogP contribution in [0.5, 0.6) is 0 Å². The zero-order chi connectivity index (χ0) is 15.2. The van der Waals surface area contributed by atoms with Crippen molar-refractivity contribution in [3.63, 3.8) is 0 Å². The highest BCUT2D eigenvalue weighted by molar-refractivity contribution is 5.27. The summed E-state index contributed by atoms with van der Waals surface area (Å²) in [4.78, 5) is 0. The van der Waals surface area contributed by atoms with E-state index in [1.165, 1.54) is 37.7 Å². The minimum absolute atomic E-state index is 0.0907. The number of hydrogen-bond acceptors (Lipinski definition) is 2. The number of benzene rings is 1. The summed E-state index contributed by atoms with van der Waals surface area (Å²) in [5.41, 5.74) is 2.48. The molecule has 2 N–H and O–H groups in total. The molecule has 1 aromatic rings. The van der Waals surface area contributed by atoms with Crippen LogP contribution in [0.4, 0.5) is 0 Å². The first-order chi connectivity index (χ1) is 10.1. The highest BCUT2D eigenvalue weighted by Gasteiger charge is 2.18. The van der Waals surface area contributed by atoms with Gasteiger partial charge < -0.3 is 10.4 Å². The molecule has 118 valence electrons. The lowest BCUT2D eigenvalue weighted by Gasteiger charge is -2.24. The van der Waals surface area contributed by atoms with Gasteiger partial charge in [0.1, 0.15) is 0 Å². The molecule has 2 unspecified atom stereocenters. The molecule has 2 atom stereocenters. The highest BCUT2D eigenvalue weighted by Crippen LogP contribution is 2.33. The molecule has 0 radical (unpaired) electrons. The monoisotopic (exact) mass is 289 g/mol. The maximum atomic E-state index is 10.4. The van der Waals surface area contributed by atoms with Crippen LogP contribution in [0.25, 0.3) is 0 Å². The summed E-state index contributed by atoms with van der Waals surface area (Å²) >= 11 is 0. The first-order valence-corrected chi connectivity index (χ1v) is 8.59. The van der Waals surface area contributed by atoms with E-state index >= 15 is 0 Å². The second-order valence-corrected chi connectivity index (χ2v) is 7.04. The standard InChI is InChI=1S/C19H31NO/c1-14(2)13-20-15(3)19(21)18-11-9-17(10-12-18)16-7-5-4-6-8-16/h9-12,14-16,19-21H,4-8,13H2,1-3H3. The smallest absolute Gasteiger partial charge is 0.0940 e. The van der Waals surface area contributed by atoms with Crippen LogP contribution in [0.1, 0.15) is 76.0 Å². The fraction of sp³-hybridized carbons (Fsp3) is 0.684. The summed E-state index contributed by atoms with van der Waals surface area (Å²) < 4.78 is 0. The van der Waals surface area contributed by atoms with Crippen molar-refractivity contribution in [1.29, 1.82) is 0 Å². The quantitative estimate of drug-likeness (QED) is 0.813. The van der Waals surface area contributed by atoms with Crippen LogP contribution in [-0.2, 0) is 0 Å². The average Bonchev–Trinajstić information content (AvgIpc) is 2.53. The maximum absolute atomic E-state index is 10.4. The summed E-state index contributed by atoms with van der Waals surface area (Å²) in [5, 5.41) is 13.8. The third-order valence-corrected chi connectivity index (χ3v) is 4.68. The van der Waals surface area contributed by atoms with Gasteiger partial charge in [0.25, 0.3) is 0 Å². The first kappa shape index (κ1) is 16.5. The summed E-state index contributed by atoms with van der Waals surface area (Å²) in [6, 6.07) is 8.77. The Bertz CT molecular complexity index is 406. The zero-order valence-electron chi connectivity index (χ0n) is 13.8. The molecule has 0 bridgehead atoms. The maximum Gasteiger partial charge on any atom is 0.0940 e. The second kappa shape index (κ2) is 7.95. The van der Waals surface area contributed by atoms with Crippen LogP contribution in [-0.4, -0.2) is 17.7 Å². The lowest BCUT2D eigenvalue weighted by atomic mass is 9.83. The molecule has 0 aromatic heterocycles. The van der Waals surface area contributed by atoms with Crippen LogP contribution in [0.3, 0.4) is 0 Å². The largest absolute Gasteiger partial charge is 0.387 e. The van der Waals surface area contributed by atoms with Crippen molar-refractivity contribution in [1.82, 2.24) is 5.32 Å². The molecule has 0 heterocycles. The molecule has 1 aromatic carbocycles. The first-order valence-electron chi connectivity index (χ1n) is 8.59. The molecule has 0 saturated heterocycles. The summed E-state index contributed by atoms with van der Waals surface area (Å²) in [6.45, 7) is 7.37. The Kier molecular flexibility index (Phi) is 6.25. The van der Waals surface area contributed by atoms with Gasteiger partial charge in [0.05, 0.1) is 6.10 Å². The van der Waals surface area contributed by atoms with Gasteiger partial charge >= 0.3 is 0 Å². The van der Waals surface area contributed by atoms with Gasteiger partial charge in [-0.1, -0.05) is 57.4 Å². The highest BCUT2D eigenvalue weighted by atomic mass is 16.3. The predicted molar refractivity (Wildman–Crippen MR) is 89.5 cm³/mol. The lowest BCUT2D eigenvalue weighted by Crippen LogP contribution is -2.34. The molecule has 1 saturated carbocycles. The summed E-state index contributed by atoms with van der Waals surface area (Å²) in [6.07, 6.45) is 6.36. The van der Waals surface area contributed by atoms with Crippen molar-refractivity contribution in [2.75, 3.05) is 6.54 Å². The molecule has 2 rings (SSSR count). The molecule has 0 aliphatic heterocycles. The Morgan fingerprint density at radius 3 is 2.24 bits per heavy atom. The molecule has 0 spiro atoms. The third kappa shape index (κ3) is 4.82. The number of nitrogens with one attached hydrogen (secondary N) is 1. The molecule has 1 fully saturated rings. The van der Waals surface area contributed by atoms with E-state index in [0.717, 1.165) is 18.0 Å². The number of aliphatic hydroxyl groups excluding tert-OH is 1. The topological polar surface area (TPSA) is 32.3 Å². The van der Waals surface area contributed by atoms with Crippen molar-refractivity contribution in [3.05, 3.63) is 35.4 Å². The average molecular weight is 289 g/mol. The molecule has 21 heavy (non-hydrogen) atoms. The Labute approximate surface area is 130 Å². The SMILES string of the molecule is CC(C)CNC(C)C(O)c1ccc(C2CCCCC2)cc1. The van der Waals surface area contributed by atoms with E-state index in [2.05, 4.69) is 50.4 Å². The van der Waals surface area contributed by atoms with E-state index in [1.807, 2.05) is 0 Å². The minimum Gasteiger partial charge on any atom is -0.387 e. The Morgan fingerprint density at radius 2 is 1.67 bits per heavy atom. The van der Waals surface area contributed by atoms with Gasteiger partial charge in [-0.2, -0.15) is 0 Å². The number of hydrogen-bond donors (Lipinski definition) is 2. The van der Waals surface area contributed by atoms with Gasteiger partial charge in [-0.3, -0.25) is 0 Å². The molecular formula is C19H31NO. The van der Waals surface area contributed by atoms with Gasteiger partial charge in [-0.05, 0) is 49.3 Å². The Balaban J connectivity index is 1.94. The van der Waals surface area contributed by atoms with Gasteiger partial charge in [0.2, 0.25) is 0 Å². The van der Waals surface area contributed by atoms with Crippen LogP contribution in [0, 0.1) is 5.92 Å². The lowest BCUT2D eigenvalue weighted by molar-refractivity contribution is 0.134. The van der Waals surface area contributed by atoms with Crippen molar-refractivity contribution in [2.24, 2.45) is 5.92 Å². The van der Waals surface area contributed by atoms with E-state index < -0.39 is 6.10 Å². The van der Waals surface area contributed by atoms with Gasteiger partial charge in [0.15, 0.2) is 0 Å². The fourth-order valence-corrected chi connectivity index (χ4v) is 3.22. The summed E-state index contributed by atoms with van der Waals surface area (Å²) in [7, 11) is 0. The van der Waals surface area contributed by atoms with Crippen LogP contribution >= 0.6 is 0 Å². The second-order valence-electron chi connectivity index (χ2n) is 7.04. The number of rotatable bonds is 6. The van der Waals surface area contributed by atoms with Crippen LogP contribution in [0.2, 0.25) is 0 Å². The molecular weight excluding hydrogens is 258 g/mol. The van der Waals surface area contributed by atoms with Crippen LogP contribution in [0.15, 0.2) is 24.3 Å². The molecule has 0 amide bonds. The van der Waals surface area contributed by atoms with Gasteiger partial charge in [-0.25, -0.2) is 0 Å². The third-order valence-electron chi connectivity index (χ3n) is 4.68. The van der Waals surface area contributed by atoms with Crippen molar-refractivity contribution < 1.29 is 5.11 Å². The van der Waals surface area contributed by atoms with Crippen molar-refractivity contribution >= 4 is 0 Å². The minimum atomic E-state index is -0.427. The Morgan fingerprint density at radius 1 is 1.05 bits per heavy atom. The van der Waals surface area contributed by atoms with Gasteiger partial charge in [-0.15, -0.1) is 0 Å². The molecule has 1 aliphatic rings.